The third-order valence-electron chi connectivity index (χ3n) is 4.75. The van der Waals surface area contributed by atoms with E-state index in [0.29, 0.717) is 5.92 Å². The van der Waals surface area contributed by atoms with Crippen LogP contribution in [0.5, 0.6) is 0 Å². The lowest BCUT2D eigenvalue weighted by molar-refractivity contribution is 0.0522. The summed E-state index contributed by atoms with van der Waals surface area (Å²) in [6.07, 6.45) is 3.33. The Morgan fingerprint density at radius 1 is 1.17 bits per heavy atom. The largest absolute Gasteiger partial charge is 0.388 e. The Kier molecular flexibility index (Phi) is 3.55. The van der Waals surface area contributed by atoms with Crippen LogP contribution in [0, 0.1) is 32.1 Å². The van der Waals surface area contributed by atoms with Crippen LogP contribution in [0.15, 0.2) is 12.1 Å². The molecule has 0 spiro atoms. The van der Waals surface area contributed by atoms with Crippen molar-refractivity contribution in [3.8, 4) is 0 Å². The van der Waals surface area contributed by atoms with E-state index >= 15 is 0 Å². The van der Waals surface area contributed by atoms with Crippen LogP contribution in [0.25, 0.3) is 0 Å². The van der Waals surface area contributed by atoms with Crippen LogP contribution in [-0.4, -0.2) is 5.11 Å². The SMILES string of the molecule is Cc1cc(C)c(C(O)C2CCCC2(C)C)c(C)c1. The molecule has 1 nitrogen and oxygen atoms in total. The van der Waals surface area contributed by atoms with Gasteiger partial charge in [-0.25, -0.2) is 0 Å². The quantitative estimate of drug-likeness (QED) is 0.816. The Bertz CT molecular complexity index is 422. The van der Waals surface area contributed by atoms with E-state index in [0.717, 1.165) is 6.42 Å². The van der Waals surface area contributed by atoms with Gasteiger partial charge in [0, 0.05) is 0 Å². The van der Waals surface area contributed by atoms with Gasteiger partial charge in [0.1, 0.15) is 0 Å². The molecule has 2 rings (SSSR count). The van der Waals surface area contributed by atoms with Crippen LogP contribution in [0.3, 0.4) is 0 Å². The van der Waals surface area contributed by atoms with Crippen molar-refractivity contribution >= 4 is 0 Å². The molecule has 0 aliphatic heterocycles. The Labute approximate surface area is 111 Å². The summed E-state index contributed by atoms with van der Waals surface area (Å²) in [7, 11) is 0. The summed E-state index contributed by atoms with van der Waals surface area (Å²) in [5, 5.41) is 10.8. The average molecular weight is 246 g/mol. The van der Waals surface area contributed by atoms with Crippen LogP contribution >= 0.6 is 0 Å². The van der Waals surface area contributed by atoms with E-state index in [4.69, 9.17) is 0 Å². The maximum atomic E-state index is 10.8. The van der Waals surface area contributed by atoms with E-state index in [1.807, 2.05) is 0 Å². The molecule has 1 fully saturated rings. The first-order valence-electron chi connectivity index (χ1n) is 7.09. The second-order valence-electron chi connectivity index (χ2n) is 6.74. The number of aryl methyl sites for hydroxylation is 3. The lowest BCUT2D eigenvalue weighted by Crippen LogP contribution is -2.25. The fourth-order valence-corrected chi connectivity index (χ4v) is 3.80. The Morgan fingerprint density at radius 2 is 1.72 bits per heavy atom. The van der Waals surface area contributed by atoms with Crippen molar-refractivity contribution in [1.82, 2.24) is 0 Å². The molecular formula is C17H26O. The highest BCUT2D eigenvalue weighted by Gasteiger charge is 2.40. The molecule has 100 valence electrons. The van der Waals surface area contributed by atoms with Gasteiger partial charge in [0.15, 0.2) is 0 Å². The van der Waals surface area contributed by atoms with Crippen LogP contribution in [0.4, 0.5) is 0 Å². The van der Waals surface area contributed by atoms with Crippen molar-refractivity contribution in [3.05, 3.63) is 34.4 Å². The van der Waals surface area contributed by atoms with Crippen molar-refractivity contribution in [1.29, 1.82) is 0 Å². The summed E-state index contributed by atoms with van der Waals surface area (Å²) >= 11 is 0. The predicted octanol–water partition coefficient (Wildman–Crippen LogP) is 4.47. The fraction of sp³-hybridized carbons (Fsp3) is 0.647. The molecule has 1 aliphatic rings. The van der Waals surface area contributed by atoms with Crippen LogP contribution < -0.4 is 0 Å². The van der Waals surface area contributed by atoms with E-state index in [1.54, 1.807) is 0 Å². The van der Waals surface area contributed by atoms with Crippen molar-refractivity contribution < 1.29 is 5.11 Å². The fourth-order valence-electron chi connectivity index (χ4n) is 3.80. The lowest BCUT2D eigenvalue weighted by atomic mass is 9.75. The van der Waals surface area contributed by atoms with Gasteiger partial charge in [-0.05, 0) is 61.6 Å². The van der Waals surface area contributed by atoms with E-state index < -0.39 is 0 Å². The zero-order valence-electron chi connectivity index (χ0n) is 12.4. The van der Waals surface area contributed by atoms with Crippen LogP contribution in [-0.2, 0) is 0 Å². The Morgan fingerprint density at radius 3 is 2.17 bits per heavy atom. The number of hydrogen-bond acceptors (Lipinski definition) is 1. The van der Waals surface area contributed by atoms with E-state index in [1.165, 1.54) is 35.1 Å². The van der Waals surface area contributed by atoms with Crippen molar-refractivity contribution in [2.75, 3.05) is 0 Å². The van der Waals surface area contributed by atoms with Gasteiger partial charge in [0.25, 0.3) is 0 Å². The molecule has 2 unspecified atom stereocenters. The van der Waals surface area contributed by atoms with Crippen molar-refractivity contribution in [3.63, 3.8) is 0 Å². The summed E-state index contributed by atoms with van der Waals surface area (Å²) in [5.41, 5.74) is 5.20. The highest BCUT2D eigenvalue weighted by Crippen LogP contribution is 2.49. The highest BCUT2D eigenvalue weighted by atomic mass is 16.3. The number of rotatable bonds is 2. The summed E-state index contributed by atoms with van der Waals surface area (Å²) in [6, 6.07) is 4.38. The third-order valence-corrected chi connectivity index (χ3v) is 4.75. The molecule has 1 saturated carbocycles. The van der Waals surface area contributed by atoms with E-state index in [2.05, 4.69) is 46.8 Å². The summed E-state index contributed by atoms with van der Waals surface area (Å²) in [4.78, 5) is 0. The molecule has 0 heterocycles. The monoisotopic (exact) mass is 246 g/mol. The lowest BCUT2D eigenvalue weighted by Gasteiger charge is -2.33. The van der Waals surface area contributed by atoms with Gasteiger partial charge in [-0.3, -0.25) is 0 Å². The molecule has 0 saturated heterocycles. The molecule has 1 heteroatoms. The van der Waals surface area contributed by atoms with Crippen LogP contribution in [0.2, 0.25) is 0 Å². The molecule has 1 aromatic rings. The molecule has 1 aliphatic carbocycles. The number of benzene rings is 1. The summed E-state index contributed by atoms with van der Waals surface area (Å²) < 4.78 is 0. The summed E-state index contributed by atoms with van der Waals surface area (Å²) in [6.45, 7) is 11.0. The minimum absolute atomic E-state index is 0.267. The average Bonchev–Trinajstić information content (AvgIpc) is 2.56. The molecule has 0 aromatic heterocycles. The third kappa shape index (κ3) is 2.33. The molecule has 1 N–H and O–H groups in total. The van der Waals surface area contributed by atoms with Gasteiger partial charge < -0.3 is 5.11 Å². The van der Waals surface area contributed by atoms with Gasteiger partial charge in [0.05, 0.1) is 6.10 Å². The first-order chi connectivity index (χ1) is 8.33. The Balaban J connectivity index is 2.37. The molecule has 0 amide bonds. The van der Waals surface area contributed by atoms with Crippen molar-refractivity contribution in [2.24, 2.45) is 11.3 Å². The molecule has 2 atom stereocenters. The second kappa shape index (κ2) is 4.70. The molecule has 0 radical (unpaired) electrons. The molecule has 0 bridgehead atoms. The smallest absolute Gasteiger partial charge is 0.0828 e. The predicted molar refractivity (Wildman–Crippen MR) is 76.7 cm³/mol. The standard InChI is InChI=1S/C17H26O/c1-11-9-12(2)15(13(3)10-11)16(18)14-7-6-8-17(14,4)5/h9-10,14,16,18H,6-8H2,1-5H3. The first kappa shape index (κ1) is 13.6. The van der Waals surface area contributed by atoms with Gasteiger partial charge in [-0.15, -0.1) is 0 Å². The van der Waals surface area contributed by atoms with E-state index in [-0.39, 0.29) is 11.5 Å². The number of aliphatic hydroxyl groups excluding tert-OH is 1. The zero-order valence-corrected chi connectivity index (χ0v) is 12.4. The van der Waals surface area contributed by atoms with Gasteiger partial charge >= 0.3 is 0 Å². The maximum absolute atomic E-state index is 10.8. The molecular weight excluding hydrogens is 220 g/mol. The van der Waals surface area contributed by atoms with Gasteiger partial charge in [-0.2, -0.15) is 0 Å². The van der Waals surface area contributed by atoms with Crippen molar-refractivity contribution in [2.45, 2.75) is 60.0 Å². The van der Waals surface area contributed by atoms with E-state index in [9.17, 15) is 5.11 Å². The first-order valence-corrected chi connectivity index (χ1v) is 7.09. The molecule has 1 aromatic carbocycles. The zero-order chi connectivity index (χ0) is 13.5. The topological polar surface area (TPSA) is 20.2 Å². The minimum Gasteiger partial charge on any atom is -0.388 e. The second-order valence-corrected chi connectivity index (χ2v) is 6.74. The maximum Gasteiger partial charge on any atom is 0.0828 e. The summed E-state index contributed by atoms with van der Waals surface area (Å²) in [5.74, 6) is 0.401. The van der Waals surface area contributed by atoms with Crippen LogP contribution in [0.1, 0.15) is 61.5 Å². The van der Waals surface area contributed by atoms with Gasteiger partial charge in [0.2, 0.25) is 0 Å². The minimum atomic E-state index is -0.303. The number of aliphatic hydroxyl groups is 1. The Hall–Kier alpha value is -0.820. The molecule has 18 heavy (non-hydrogen) atoms. The number of hydrogen-bond donors (Lipinski definition) is 1. The normalized spacial score (nSPS) is 24.2. The highest BCUT2D eigenvalue weighted by molar-refractivity contribution is 5.39. The van der Waals surface area contributed by atoms with Gasteiger partial charge in [-0.1, -0.05) is 38.0 Å².